The molecule has 118 valence electrons. The summed E-state index contributed by atoms with van der Waals surface area (Å²) in [5.41, 5.74) is 2.82. The lowest BCUT2D eigenvalue weighted by molar-refractivity contribution is 0.121. The van der Waals surface area contributed by atoms with Crippen LogP contribution in [0.2, 0.25) is 0 Å². The first-order valence-electron chi connectivity index (χ1n) is 8.55. The predicted octanol–water partition coefficient (Wildman–Crippen LogP) is 4.35. The Balaban J connectivity index is 1.61. The minimum Gasteiger partial charge on any atom is -0.381 e. The van der Waals surface area contributed by atoms with E-state index in [1.54, 1.807) is 0 Å². The maximum atomic E-state index is 5.66. The molecular formula is C19H31NO. The summed E-state index contributed by atoms with van der Waals surface area (Å²) in [6.07, 6.45) is 5.02. The zero-order valence-corrected chi connectivity index (χ0v) is 13.9. The number of nitrogens with one attached hydrogen (secondary N) is 1. The minimum absolute atomic E-state index is 0.418. The predicted molar refractivity (Wildman–Crippen MR) is 89.6 cm³/mol. The van der Waals surface area contributed by atoms with E-state index >= 15 is 0 Å². The summed E-state index contributed by atoms with van der Waals surface area (Å²) in [6, 6.07) is 9.48. The lowest BCUT2D eigenvalue weighted by Gasteiger charge is -2.15. The zero-order chi connectivity index (χ0) is 15.1. The van der Waals surface area contributed by atoms with E-state index in [-0.39, 0.29) is 0 Å². The molecule has 1 aromatic carbocycles. The van der Waals surface area contributed by atoms with Gasteiger partial charge in [0.05, 0.1) is 0 Å². The van der Waals surface area contributed by atoms with E-state index in [2.05, 4.69) is 50.4 Å². The van der Waals surface area contributed by atoms with E-state index < -0.39 is 0 Å². The van der Waals surface area contributed by atoms with Crippen LogP contribution in [0, 0.1) is 11.8 Å². The molecule has 1 fully saturated rings. The van der Waals surface area contributed by atoms with Crippen molar-refractivity contribution in [1.29, 1.82) is 0 Å². The first kappa shape index (κ1) is 16.5. The molecule has 0 aromatic heterocycles. The normalized spacial score (nSPS) is 16.4. The van der Waals surface area contributed by atoms with E-state index in [0.29, 0.717) is 6.04 Å². The van der Waals surface area contributed by atoms with Gasteiger partial charge in [-0.1, -0.05) is 38.1 Å². The van der Waals surface area contributed by atoms with Gasteiger partial charge in [0.25, 0.3) is 0 Å². The van der Waals surface area contributed by atoms with Gasteiger partial charge in [0, 0.05) is 19.3 Å². The van der Waals surface area contributed by atoms with Crippen LogP contribution < -0.4 is 5.32 Å². The molecule has 1 atom stereocenters. The molecule has 0 saturated heterocycles. The topological polar surface area (TPSA) is 21.3 Å². The minimum atomic E-state index is 0.418. The molecule has 0 aliphatic heterocycles. The molecule has 2 nitrogen and oxygen atoms in total. The fraction of sp³-hybridized carbons (Fsp3) is 0.684. The molecule has 1 aromatic rings. The molecule has 1 N–H and O–H groups in total. The van der Waals surface area contributed by atoms with Crippen LogP contribution in [-0.2, 0) is 11.2 Å². The Morgan fingerprint density at radius 3 is 2.48 bits per heavy atom. The fourth-order valence-corrected chi connectivity index (χ4v) is 2.56. The number of ether oxygens (including phenoxy) is 1. The third-order valence-electron chi connectivity index (χ3n) is 4.09. The second-order valence-corrected chi connectivity index (χ2v) is 6.89. The highest BCUT2D eigenvalue weighted by Crippen LogP contribution is 2.28. The SMILES string of the molecule is CC(C)Cc1ccc(C(C)NCCCOCC2CC2)cc1. The van der Waals surface area contributed by atoms with E-state index in [9.17, 15) is 0 Å². The van der Waals surface area contributed by atoms with Crippen molar-refractivity contribution in [2.45, 2.75) is 52.5 Å². The van der Waals surface area contributed by atoms with Gasteiger partial charge >= 0.3 is 0 Å². The molecule has 0 radical (unpaired) electrons. The molecule has 2 heteroatoms. The van der Waals surface area contributed by atoms with Crippen molar-refractivity contribution < 1.29 is 4.74 Å². The van der Waals surface area contributed by atoms with Gasteiger partial charge in [-0.2, -0.15) is 0 Å². The number of hydrogen-bond acceptors (Lipinski definition) is 2. The number of rotatable bonds is 10. The van der Waals surface area contributed by atoms with Crippen molar-refractivity contribution >= 4 is 0 Å². The maximum Gasteiger partial charge on any atom is 0.0494 e. The van der Waals surface area contributed by atoms with E-state index in [0.717, 1.165) is 38.0 Å². The molecule has 1 aliphatic carbocycles. The quantitative estimate of drug-likeness (QED) is 0.646. The van der Waals surface area contributed by atoms with Crippen molar-refractivity contribution in [1.82, 2.24) is 5.32 Å². The van der Waals surface area contributed by atoms with Gasteiger partial charge in [-0.05, 0) is 62.1 Å². The summed E-state index contributed by atoms with van der Waals surface area (Å²) in [6.45, 7) is 9.67. The van der Waals surface area contributed by atoms with Crippen LogP contribution >= 0.6 is 0 Å². The van der Waals surface area contributed by atoms with E-state index in [1.165, 1.54) is 30.4 Å². The monoisotopic (exact) mass is 289 g/mol. The molecule has 0 spiro atoms. The summed E-state index contributed by atoms with van der Waals surface area (Å²) >= 11 is 0. The van der Waals surface area contributed by atoms with Gasteiger partial charge in [-0.25, -0.2) is 0 Å². The summed E-state index contributed by atoms with van der Waals surface area (Å²) < 4.78 is 5.66. The average Bonchev–Trinajstić information content (AvgIpc) is 3.26. The highest BCUT2D eigenvalue weighted by atomic mass is 16.5. The highest BCUT2D eigenvalue weighted by Gasteiger charge is 2.20. The lowest BCUT2D eigenvalue weighted by Crippen LogP contribution is -2.21. The van der Waals surface area contributed by atoms with Crippen LogP contribution in [0.4, 0.5) is 0 Å². The van der Waals surface area contributed by atoms with Crippen LogP contribution in [0.15, 0.2) is 24.3 Å². The largest absolute Gasteiger partial charge is 0.381 e. The van der Waals surface area contributed by atoms with Crippen LogP contribution in [0.5, 0.6) is 0 Å². The van der Waals surface area contributed by atoms with Crippen LogP contribution in [0.3, 0.4) is 0 Å². The average molecular weight is 289 g/mol. The second-order valence-electron chi connectivity index (χ2n) is 6.89. The Hall–Kier alpha value is -0.860. The van der Waals surface area contributed by atoms with Gasteiger partial charge in [-0.3, -0.25) is 0 Å². The van der Waals surface area contributed by atoms with Crippen LogP contribution in [0.1, 0.15) is 57.2 Å². The third kappa shape index (κ3) is 6.62. The number of benzene rings is 1. The van der Waals surface area contributed by atoms with Crippen LogP contribution in [0.25, 0.3) is 0 Å². The molecule has 1 aliphatic rings. The van der Waals surface area contributed by atoms with Gasteiger partial charge in [0.1, 0.15) is 0 Å². The first-order chi connectivity index (χ1) is 10.1. The highest BCUT2D eigenvalue weighted by molar-refractivity contribution is 5.25. The van der Waals surface area contributed by atoms with Gasteiger partial charge in [0.2, 0.25) is 0 Å². The summed E-state index contributed by atoms with van der Waals surface area (Å²) in [7, 11) is 0. The molecule has 21 heavy (non-hydrogen) atoms. The Morgan fingerprint density at radius 2 is 1.86 bits per heavy atom. The number of hydrogen-bond donors (Lipinski definition) is 1. The summed E-state index contributed by atoms with van der Waals surface area (Å²) in [5.74, 6) is 1.60. The second kappa shape index (κ2) is 8.55. The van der Waals surface area contributed by atoms with E-state index in [4.69, 9.17) is 4.74 Å². The van der Waals surface area contributed by atoms with Gasteiger partial charge in [-0.15, -0.1) is 0 Å². The molecule has 0 amide bonds. The fourth-order valence-electron chi connectivity index (χ4n) is 2.56. The van der Waals surface area contributed by atoms with Crippen molar-refractivity contribution in [2.24, 2.45) is 11.8 Å². The lowest BCUT2D eigenvalue weighted by atomic mass is 10.00. The molecule has 2 rings (SSSR count). The maximum absolute atomic E-state index is 5.66. The van der Waals surface area contributed by atoms with Crippen molar-refractivity contribution in [3.8, 4) is 0 Å². The Kier molecular flexibility index (Phi) is 6.72. The molecule has 1 saturated carbocycles. The smallest absolute Gasteiger partial charge is 0.0494 e. The Bertz CT molecular complexity index is 395. The van der Waals surface area contributed by atoms with Gasteiger partial charge < -0.3 is 10.1 Å². The molecule has 1 unspecified atom stereocenters. The van der Waals surface area contributed by atoms with E-state index in [1.807, 2.05) is 0 Å². The van der Waals surface area contributed by atoms with Crippen molar-refractivity contribution in [3.05, 3.63) is 35.4 Å². The molecule has 0 bridgehead atoms. The third-order valence-corrected chi connectivity index (χ3v) is 4.09. The van der Waals surface area contributed by atoms with Gasteiger partial charge in [0.15, 0.2) is 0 Å². The summed E-state index contributed by atoms with van der Waals surface area (Å²) in [4.78, 5) is 0. The van der Waals surface area contributed by atoms with Crippen molar-refractivity contribution in [3.63, 3.8) is 0 Å². The summed E-state index contributed by atoms with van der Waals surface area (Å²) in [5, 5.41) is 3.58. The Morgan fingerprint density at radius 1 is 1.14 bits per heavy atom. The zero-order valence-electron chi connectivity index (χ0n) is 13.9. The Labute approximate surface area is 130 Å². The molecule has 0 heterocycles. The standard InChI is InChI=1S/C19H31NO/c1-15(2)13-17-7-9-19(10-8-17)16(3)20-11-4-12-21-14-18-5-6-18/h7-10,15-16,18,20H,4-6,11-14H2,1-3H3. The van der Waals surface area contributed by atoms with Crippen LogP contribution in [-0.4, -0.2) is 19.8 Å². The first-order valence-corrected chi connectivity index (χ1v) is 8.55. The molecular weight excluding hydrogens is 258 g/mol. The van der Waals surface area contributed by atoms with Crippen molar-refractivity contribution in [2.75, 3.05) is 19.8 Å².